The van der Waals surface area contributed by atoms with Gasteiger partial charge in [-0.05, 0) is 26.3 Å². The van der Waals surface area contributed by atoms with E-state index in [9.17, 15) is 10.1 Å². The first-order chi connectivity index (χ1) is 13.0. The molecule has 1 fully saturated rings. The van der Waals surface area contributed by atoms with Crippen LogP contribution in [0.1, 0.15) is 31.5 Å². The Hall–Kier alpha value is -2.74. The lowest BCUT2D eigenvalue weighted by Gasteiger charge is -2.35. The third-order valence-electron chi connectivity index (χ3n) is 4.73. The minimum Gasteiger partial charge on any atom is -0.351 e. The number of anilines is 3. The quantitative estimate of drug-likeness (QED) is 0.595. The number of hydrogen-bond donors (Lipinski definition) is 2. The molecule has 2 N–H and O–H groups in total. The molecule has 0 bridgehead atoms. The molecule has 0 saturated carbocycles. The molecule has 2 aromatic rings. The number of nitrogens with one attached hydrogen (secondary N) is 2. The monoisotopic (exact) mass is 370 g/mol. The summed E-state index contributed by atoms with van der Waals surface area (Å²) in [4.78, 5) is 22.4. The largest absolute Gasteiger partial charge is 0.351 e. The Morgan fingerprint density at radius 3 is 2.89 bits per heavy atom. The average Bonchev–Trinajstić information content (AvgIpc) is 2.63. The third-order valence-corrected chi connectivity index (χ3v) is 4.73. The summed E-state index contributed by atoms with van der Waals surface area (Å²) in [6.45, 7) is 8.74. The highest BCUT2D eigenvalue weighted by molar-refractivity contribution is 5.61. The van der Waals surface area contributed by atoms with E-state index in [0.29, 0.717) is 23.2 Å². The molecule has 8 heteroatoms. The highest BCUT2D eigenvalue weighted by atomic mass is 16.6. The van der Waals surface area contributed by atoms with Crippen LogP contribution in [0.25, 0.3) is 0 Å². The number of hydrogen-bond acceptors (Lipinski definition) is 7. The maximum absolute atomic E-state index is 11.2. The predicted octanol–water partition coefficient (Wildman–Crippen LogP) is 3.19. The molecule has 0 amide bonds. The van der Waals surface area contributed by atoms with Crippen LogP contribution < -0.4 is 15.5 Å². The fourth-order valence-corrected chi connectivity index (χ4v) is 3.26. The third kappa shape index (κ3) is 4.51. The van der Waals surface area contributed by atoms with Crippen molar-refractivity contribution in [3.63, 3.8) is 0 Å². The highest BCUT2D eigenvalue weighted by Gasteiger charge is 2.21. The number of aryl methyl sites for hydroxylation is 2. The number of benzene rings is 1. The highest BCUT2D eigenvalue weighted by Crippen LogP contribution is 2.26. The zero-order chi connectivity index (χ0) is 19.4. The van der Waals surface area contributed by atoms with Gasteiger partial charge in [0.1, 0.15) is 5.82 Å². The number of rotatable bonds is 6. The molecule has 3 rings (SSSR count). The molecule has 1 atom stereocenters. The van der Waals surface area contributed by atoms with E-state index in [1.54, 1.807) is 13.0 Å². The molecule has 8 nitrogen and oxygen atoms in total. The molecule has 1 aromatic heterocycles. The van der Waals surface area contributed by atoms with Gasteiger partial charge in [-0.1, -0.05) is 19.4 Å². The van der Waals surface area contributed by atoms with Crippen molar-refractivity contribution < 1.29 is 4.92 Å². The van der Waals surface area contributed by atoms with Gasteiger partial charge in [0, 0.05) is 54.8 Å². The molecule has 1 aromatic carbocycles. The summed E-state index contributed by atoms with van der Waals surface area (Å²) in [7, 11) is 0. The number of nitro benzene ring substituents is 1. The standard InChI is InChI=1S/C19H26N6O2/c1-4-5-15-11-18(24-9-8-20-12-14(24)3)23-19(21-15)22-16-7-6-13(2)17(10-16)25(26)27/h6-7,10-11,14,20H,4-5,8-9,12H2,1-3H3,(H,21,22,23)/t14-/m1/s1. The summed E-state index contributed by atoms with van der Waals surface area (Å²) >= 11 is 0. The molecule has 0 radical (unpaired) electrons. The van der Waals surface area contributed by atoms with Crippen molar-refractivity contribution in [2.75, 3.05) is 29.9 Å². The topological polar surface area (TPSA) is 96.2 Å². The lowest BCUT2D eigenvalue weighted by Crippen LogP contribution is -2.50. The Morgan fingerprint density at radius 1 is 1.37 bits per heavy atom. The Balaban J connectivity index is 1.92. The molecule has 27 heavy (non-hydrogen) atoms. The van der Waals surface area contributed by atoms with E-state index in [4.69, 9.17) is 0 Å². The van der Waals surface area contributed by atoms with Gasteiger partial charge in [0.05, 0.1) is 4.92 Å². The number of aromatic nitrogens is 2. The molecule has 1 aliphatic heterocycles. The lowest BCUT2D eigenvalue weighted by atomic mass is 10.2. The molecule has 0 aliphatic carbocycles. The van der Waals surface area contributed by atoms with Crippen molar-refractivity contribution >= 4 is 23.1 Å². The molecule has 2 heterocycles. The maximum Gasteiger partial charge on any atom is 0.274 e. The molecule has 0 unspecified atom stereocenters. The summed E-state index contributed by atoms with van der Waals surface area (Å²) in [5.74, 6) is 1.37. The molecule has 1 saturated heterocycles. The van der Waals surface area contributed by atoms with E-state index in [0.717, 1.165) is 44.0 Å². The van der Waals surface area contributed by atoms with Gasteiger partial charge in [0.15, 0.2) is 0 Å². The van der Waals surface area contributed by atoms with Crippen LogP contribution in [0.4, 0.5) is 23.1 Å². The van der Waals surface area contributed by atoms with E-state index in [1.165, 1.54) is 6.07 Å². The Kier molecular flexibility index (Phi) is 5.85. The van der Waals surface area contributed by atoms with Crippen molar-refractivity contribution in [2.45, 2.75) is 39.7 Å². The van der Waals surface area contributed by atoms with Crippen molar-refractivity contribution in [3.05, 3.63) is 45.6 Å². The normalized spacial score (nSPS) is 17.0. The van der Waals surface area contributed by atoms with Crippen molar-refractivity contribution in [3.8, 4) is 0 Å². The van der Waals surface area contributed by atoms with Crippen LogP contribution >= 0.6 is 0 Å². The van der Waals surface area contributed by atoms with Gasteiger partial charge >= 0.3 is 0 Å². The zero-order valence-corrected chi connectivity index (χ0v) is 16.0. The van der Waals surface area contributed by atoms with Crippen LogP contribution in [0.2, 0.25) is 0 Å². The van der Waals surface area contributed by atoms with Gasteiger partial charge in [-0.15, -0.1) is 0 Å². The molecule has 1 aliphatic rings. The van der Waals surface area contributed by atoms with Gasteiger partial charge in [0.2, 0.25) is 5.95 Å². The fourth-order valence-electron chi connectivity index (χ4n) is 3.26. The number of nitrogens with zero attached hydrogens (tertiary/aromatic N) is 4. The van der Waals surface area contributed by atoms with Gasteiger partial charge in [-0.3, -0.25) is 10.1 Å². The van der Waals surface area contributed by atoms with E-state index in [1.807, 2.05) is 12.1 Å². The molecular weight excluding hydrogens is 344 g/mol. The van der Waals surface area contributed by atoms with E-state index >= 15 is 0 Å². The van der Waals surface area contributed by atoms with Gasteiger partial charge in [0.25, 0.3) is 5.69 Å². The Labute approximate surface area is 159 Å². The van der Waals surface area contributed by atoms with Crippen molar-refractivity contribution in [1.29, 1.82) is 0 Å². The first-order valence-corrected chi connectivity index (χ1v) is 9.35. The summed E-state index contributed by atoms with van der Waals surface area (Å²) in [6.07, 6.45) is 1.85. The predicted molar refractivity (Wildman–Crippen MR) is 107 cm³/mol. The smallest absolute Gasteiger partial charge is 0.274 e. The lowest BCUT2D eigenvalue weighted by molar-refractivity contribution is -0.385. The minimum absolute atomic E-state index is 0.0839. The SMILES string of the molecule is CCCc1cc(N2CCNC[C@H]2C)nc(Nc2ccc(C)c([N+](=O)[O-])c2)n1. The molecular formula is C19H26N6O2. The summed E-state index contributed by atoms with van der Waals surface area (Å²) < 4.78 is 0. The van der Waals surface area contributed by atoms with Crippen LogP contribution in [0, 0.1) is 17.0 Å². The van der Waals surface area contributed by atoms with Gasteiger partial charge in [-0.2, -0.15) is 4.98 Å². The second-order valence-electron chi connectivity index (χ2n) is 6.92. The number of piperazine rings is 1. The van der Waals surface area contributed by atoms with Crippen LogP contribution in [0.3, 0.4) is 0 Å². The van der Waals surface area contributed by atoms with E-state index in [-0.39, 0.29) is 10.6 Å². The summed E-state index contributed by atoms with van der Waals surface area (Å²) in [5.41, 5.74) is 2.29. The molecule has 0 spiro atoms. The summed E-state index contributed by atoms with van der Waals surface area (Å²) in [5, 5.41) is 17.7. The second kappa shape index (κ2) is 8.30. The number of nitro groups is 1. The Bertz CT molecular complexity index is 826. The zero-order valence-electron chi connectivity index (χ0n) is 16.0. The first-order valence-electron chi connectivity index (χ1n) is 9.35. The summed E-state index contributed by atoms with van der Waals surface area (Å²) in [6, 6.07) is 7.46. The Morgan fingerprint density at radius 2 is 2.19 bits per heavy atom. The van der Waals surface area contributed by atoms with E-state index in [2.05, 4.69) is 39.3 Å². The van der Waals surface area contributed by atoms with E-state index < -0.39 is 0 Å². The van der Waals surface area contributed by atoms with Gasteiger partial charge < -0.3 is 15.5 Å². The van der Waals surface area contributed by atoms with Crippen molar-refractivity contribution in [1.82, 2.24) is 15.3 Å². The second-order valence-corrected chi connectivity index (χ2v) is 6.92. The molecule has 144 valence electrons. The van der Waals surface area contributed by atoms with Crippen molar-refractivity contribution in [2.24, 2.45) is 0 Å². The first kappa shape index (κ1) is 19.0. The average molecular weight is 370 g/mol. The minimum atomic E-state index is -0.372. The maximum atomic E-state index is 11.2. The van der Waals surface area contributed by atoms with Gasteiger partial charge in [-0.25, -0.2) is 4.98 Å². The fraction of sp³-hybridized carbons (Fsp3) is 0.474. The van der Waals surface area contributed by atoms with Crippen LogP contribution in [0.15, 0.2) is 24.3 Å². The van der Waals surface area contributed by atoms with Crippen LogP contribution in [-0.4, -0.2) is 40.6 Å². The van der Waals surface area contributed by atoms with Crippen LogP contribution in [0.5, 0.6) is 0 Å². The van der Waals surface area contributed by atoms with Crippen LogP contribution in [-0.2, 0) is 6.42 Å².